The maximum Gasteiger partial charge on any atom is 0.433 e. The second-order valence-electron chi connectivity index (χ2n) is 6.48. The molecule has 1 saturated heterocycles. The molecule has 0 amide bonds. The summed E-state index contributed by atoms with van der Waals surface area (Å²) in [5.41, 5.74) is 0.138. The monoisotopic (exact) mass is 444 g/mol. The van der Waals surface area contributed by atoms with Crippen LogP contribution < -0.4 is 9.64 Å². The fraction of sp³-hybridized carbons (Fsp3) is 0.444. The highest BCUT2D eigenvalue weighted by Gasteiger charge is 2.34. The fourth-order valence-electron chi connectivity index (χ4n) is 3.22. The van der Waals surface area contributed by atoms with Crippen molar-refractivity contribution in [1.82, 2.24) is 14.9 Å². The van der Waals surface area contributed by atoms with Crippen LogP contribution in [0.1, 0.15) is 17.7 Å². The number of aromatic nitrogens is 2. The topological polar surface area (TPSA) is 41.5 Å². The molecule has 0 radical (unpaired) electrons. The van der Waals surface area contributed by atoms with E-state index < -0.39 is 11.9 Å². The average molecular weight is 445 g/mol. The maximum atomic E-state index is 12.9. The first-order valence-electron chi connectivity index (χ1n) is 8.46. The molecule has 2 heterocycles. The van der Waals surface area contributed by atoms with E-state index in [0.717, 1.165) is 41.0 Å². The number of likely N-dealkylation sites (N-methyl/N-ethyl adjacent to an activating group) is 1. The van der Waals surface area contributed by atoms with Crippen LogP contribution in [0.4, 0.5) is 19.1 Å². The second kappa shape index (κ2) is 8.02. The highest BCUT2D eigenvalue weighted by Crippen LogP contribution is 2.30. The molecule has 27 heavy (non-hydrogen) atoms. The van der Waals surface area contributed by atoms with Gasteiger partial charge in [-0.15, -0.1) is 0 Å². The summed E-state index contributed by atoms with van der Waals surface area (Å²) >= 11 is 3.47. The van der Waals surface area contributed by atoms with Gasteiger partial charge in [0, 0.05) is 49.0 Å². The van der Waals surface area contributed by atoms with Gasteiger partial charge in [-0.1, -0.05) is 15.9 Å². The SMILES string of the molecule is COc1ccc(Br)cc1CN1CCC(N(C)c2nccc(C(F)(F)F)n2)C1. The van der Waals surface area contributed by atoms with Crippen LogP contribution in [0, 0.1) is 0 Å². The van der Waals surface area contributed by atoms with E-state index in [4.69, 9.17) is 4.74 Å². The third-order valence-corrected chi connectivity index (χ3v) is 5.17. The number of likely N-dealkylation sites (tertiary alicyclic amines) is 1. The number of hydrogen-bond acceptors (Lipinski definition) is 5. The van der Waals surface area contributed by atoms with Crippen molar-refractivity contribution in [3.8, 4) is 5.75 Å². The van der Waals surface area contributed by atoms with E-state index in [0.29, 0.717) is 13.1 Å². The zero-order valence-corrected chi connectivity index (χ0v) is 16.6. The highest BCUT2D eigenvalue weighted by molar-refractivity contribution is 9.10. The number of hydrogen-bond donors (Lipinski definition) is 0. The predicted octanol–water partition coefficient (Wildman–Crippen LogP) is 3.98. The van der Waals surface area contributed by atoms with Gasteiger partial charge in [-0.3, -0.25) is 4.90 Å². The normalized spacial score (nSPS) is 17.9. The largest absolute Gasteiger partial charge is 0.496 e. The number of anilines is 1. The molecule has 1 aromatic heterocycles. The summed E-state index contributed by atoms with van der Waals surface area (Å²) in [6, 6.07) is 6.79. The standard InChI is InChI=1S/C18H20BrF3N4O/c1-25(17-23-7-5-16(24-17)18(20,21)22)14-6-8-26(11-14)10-12-9-13(19)3-4-15(12)27-2/h3-5,7,9,14H,6,8,10-11H2,1-2H3. The van der Waals surface area contributed by atoms with Gasteiger partial charge >= 0.3 is 6.18 Å². The Balaban J connectivity index is 1.68. The number of ether oxygens (including phenoxy) is 1. The molecule has 0 spiro atoms. The van der Waals surface area contributed by atoms with Crippen molar-refractivity contribution in [2.24, 2.45) is 0 Å². The molecule has 9 heteroatoms. The van der Waals surface area contributed by atoms with Crippen molar-refractivity contribution in [2.45, 2.75) is 25.2 Å². The van der Waals surface area contributed by atoms with E-state index in [1.165, 1.54) is 0 Å². The second-order valence-corrected chi connectivity index (χ2v) is 7.40. The van der Waals surface area contributed by atoms with Crippen molar-refractivity contribution in [3.05, 3.63) is 46.2 Å². The van der Waals surface area contributed by atoms with Gasteiger partial charge in [0.2, 0.25) is 5.95 Å². The zero-order valence-electron chi connectivity index (χ0n) is 15.0. The van der Waals surface area contributed by atoms with Gasteiger partial charge in [0.15, 0.2) is 0 Å². The molecule has 3 rings (SSSR count). The van der Waals surface area contributed by atoms with E-state index in [1.54, 1.807) is 19.1 Å². The number of halogens is 4. The minimum absolute atomic E-state index is 0.0478. The van der Waals surface area contributed by atoms with Crippen LogP contribution in [0.15, 0.2) is 34.9 Å². The minimum atomic E-state index is -4.47. The van der Waals surface area contributed by atoms with E-state index in [-0.39, 0.29) is 12.0 Å². The molecule has 0 aliphatic carbocycles. The summed E-state index contributed by atoms with van der Waals surface area (Å²) < 4.78 is 45.0. The first-order valence-corrected chi connectivity index (χ1v) is 9.25. The Bertz CT molecular complexity index is 802. The summed E-state index contributed by atoms with van der Waals surface area (Å²) in [5.74, 6) is 0.910. The average Bonchev–Trinajstić information content (AvgIpc) is 3.09. The number of methoxy groups -OCH3 is 1. The lowest BCUT2D eigenvalue weighted by Gasteiger charge is -2.25. The number of benzene rings is 1. The van der Waals surface area contributed by atoms with Crippen molar-refractivity contribution in [1.29, 1.82) is 0 Å². The molecule has 5 nitrogen and oxygen atoms in total. The van der Waals surface area contributed by atoms with Gasteiger partial charge in [0.1, 0.15) is 11.4 Å². The lowest BCUT2D eigenvalue weighted by Crippen LogP contribution is -2.35. The Labute approximate surface area is 164 Å². The third-order valence-electron chi connectivity index (χ3n) is 4.68. The molecule has 0 saturated carbocycles. The molecule has 0 bridgehead atoms. The molecular weight excluding hydrogens is 425 g/mol. The summed E-state index contributed by atoms with van der Waals surface area (Å²) in [7, 11) is 3.38. The van der Waals surface area contributed by atoms with Crippen molar-refractivity contribution < 1.29 is 17.9 Å². The van der Waals surface area contributed by atoms with E-state index in [1.807, 2.05) is 18.2 Å². The molecule has 2 aromatic rings. The molecule has 1 aliphatic rings. The summed E-state index contributed by atoms with van der Waals surface area (Å²) in [5, 5.41) is 0. The maximum absolute atomic E-state index is 12.9. The molecule has 1 unspecified atom stereocenters. The van der Waals surface area contributed by atoms with E-state index in [2.05, 4.69) is 30.8 Å². The number of nitrogens with zero attached hydrogens (tertiary/aromatic N) is 4. The van der Waals surface area contributed by atoms with Gasteiger partial charge in [0.25, 0.3) is 0 Å². The van der Waals surface area contributed by atoms with Crippen LogP contribution in [0.5, 0.6) is 5.75 Å². The molecular formula is C18H20BrF3N4O. The molecule has 1 aromatic carbocycles. The third kappa shape index (κ3) is 4.70. The van der Waals surface area contributed by atoms with Crippen LogP contribution in [0.3, 0.4) is 0 Å². The molecule has 146 valence electrons. The lowest BCUT2D eigenvalue weighted by molar-refractivity contribution is -0.141. The lowest BCUT2D eigenvalue weighted by atomic mass is 10.2. The summed E-state index contributed by atoms with van der Waals surface area (Å²) in [6.45, 7) is 2.26. The quantitative estimate of drug-likeness (QED) is 0.697. The molecule has 0 N–H and O–H groups in total. The first-order chi connectivity index (χ1) is 12.8. The zero-order chi connectivity index (χ0) is 19.6. The summed E-state index contributed by atoms with van der Waals surface area (Å²) in [4.78, 5) is 11.7. The van der Waals surface area contributed by atoms with Crippen molar-refractivity contribution in [2.75, 3.05) is 32.1 Å². The predicted molar refractivity (Wildman–Crippen MR) is 99.8 cm³/mol. The van der Waals surface area contributed by atoms with E-state index >= 15 is 0 Å². The van der Waals surface area contributed by atoms with Gasteiger partial charge in [-0.25, -0.2) is 9.97 Å². The van der Waals surface area contributed by atoms with Gasteiger partial charge in [-0.2, -0.15) is 13.2 Å². The Kier molecular flexibility index (Phi) is 5.90. The van der Waals surface area contributed by atoms with Gasteiger partial charge < -0.3 is 9.64 Å². The fourth-order valence-corrected chi connectivity index (χ4v) is 3.63. The summed E-state index contributed by atoms with van der Waals surface area (Å²) in [6.07, 6.45) is -2.50. The Morgan fingerprint density at radius 2 is 2.11 bits per heavy atom. The van der Waals surface area contributed by atoms with Crippen LogP contribution in [-0.4, -0.2) is 48.2 Å². The van der Waals surface area contributed by atoms with Crippen LogP contribution in [0.2, 0.25) is 0 Å². The number of alkyl halides is 3. The highest BCUT2D eigenvalue weighted by atomic mass is 79.9. The van der Waals surface area contributed by atoms with Crippen LogP contribution in [-0.2, 0) is 12.7 Å². The molecule has 1 fully saturated rings. The van der Waals surface area contributed by atoms with Crippen LogP contribution >= 0.6 is 15.9 Å². The minimum Gasteiger partial charge on any atom is -0.496 e. The number of rotatable bonds is 5. The first kappa shape index (κ1) is 19.9. The van der Waals surface area contributed by atoms with Gasteiger partial charge in [-0.05, 0) is 30.7 Å². The molecule has 1 aliphatic heterocycles. The molecule has 1 atom stereocenters. The van der Waals surface area contributed by atoms with Gasteiger partial charge in [0.05, 0.1) is 7.11 Å². The smallest absolute Gasteiger partial charge is 0.433 e. The van der Waals surface area contributed by atoms with Crippen molar-refractivity contribution in [3.63, 3.8) is 0 Å². The van der Waals surface area contributed by atoms with E-state index in [9.17, 15) is 13.2 Å². The Morgan fingerprint density at radius 1 is 1.33 bits per heavy atom. The Morgan fingerprint density at radius 3 is 2.81 bits per heavy atom. The Hall–Kier alpha value is -1.87. The van der Waals surface area contributed by atoms with Crippen molar-refractivity contribution >= 4 is 21.9 Å². The van der Waals surface area contributed by atoms with Crippen LogP contribution in [0.25, 0.3) is 0 Å².